The summed E-state index contributed by atoms with van der Waals surface area (Å²) >= 11 is 5.54. The second kappa shape index (κ2) is 6.21. The van der Waals surface area contributed by atoms with Crippen molar-refractivity contribution in [2.45, 2.75) is 32.5 Å². The summed E-state index contributed by atoms with van der Waals surface area (Å²) in [7, 11) is 0. The maximum absolute atomic E-state index is 13.2. The van der Waals surface area contributed by atoms with Gasteiger partial charge >= 0.3 is 6.09 Å². The van der Waals surface area contributed by atoms with Crippen molar-refractivity contribution < 1.29 is 19.0 Å². The van der Waals surface area contributed by atoms with Crippen molar-refractivity contribution in [2.24, 2.45) is 0 Å². The van der Waals surface area contributed by atoms with E-state index in [1.165, 1.54) is 12.1 Å². The van der Waals surface area contributed by atoms with E-state index in [2.05, 4.69) is 5.32 Å². The standard InChI is InChI=1S/C13H17ClFNO3/c1-13(2,3)19-12(18)16-7-11(17)8-4-5-9(14)10(15)6-8/h4-6,11,17H,7H2,1-3H3,(H,16,18)/t11-/m0/s1. The minimum atomic E-state index is -1.03. The van der Waals surface area contributed by atoms with E-state index < -0.39 is 23.6 Å². The molecule has 1 amide bonds. The number of alkyl carbamates (subject to hydrolysis) is 1. The normalized spacial score (nSPS) is 12.9. The molecule has 1 aromatic rings. The Bertz CT molecular complexity index is 460. The van der Waals surface area contributed by atoms with Crippen LogP contribution < -0.4 is 5.32 Å². The summed E-state index contributed by atoms with van der Waals surface area (Å²) in [5.74, 6) is -0.615. The summed E-state index contributed by atoms with van der Waals surface area (Å²) in [5, 5.41) is 12.2. The molecule has 0 aliphatic rings. The van der Waals surface area contributed by atoms with Gasteiger partial charge in [0.2, 0.25) is 0 Å². The molecule has 19 heavy (non-hydrogen) atoms. The molecule has 2 N–H and O–H groups in total. The van der Waals surface area contributed by atoms with Crippen LogP contribution in [-0.2, 0) is 4.74 Å². The summed E-state index contributed by atoms with van der Waals surface area (Å²) in [4.78, 5) is 11.4. The van der Waals surface area contributed by atoms with E-state index >= 15 is 0 Å². The maximum atomic E-state index is 13.2. The Morgan fingerprint density at radius 2 is 2.16 bits per heavy atom. The number of halogens is 2. The number of carbonyl (C=O) groups is 1. The highest BCUT2D eigenvalue weighted by Crippen LogP contribution is 2.20. The van der Waals surface area contributed by atoms with Gasteiger partial charge in [0.25, 0.3) is 0 Å². The van der Waals surface area contributed by atoms with Crippen molar-refractivity contribution in [3.8, 4) is 0 Å². The van der Waals surface area contributed by atoms with Gasteiger partial charge in [-0.05, 0) is 38.5 Å². The Kier molecular flexibility index (Phi) is 5.14. The third kappa shape index (κ3) is 5.44. The van der Waals surface area contributed by atoms with Crippen molar-refractivity contribution in [1.82, 2.24) is 5.32 Å². The number of nitrogens with one attached hydrogen (secondary N) is 1. The average molecular weight is 290 g/mol. The number of carbonyl (C=O) groups excluding carboxylic acids is 1. The zero-order valence-electron chi connectivity index (χ0n) is 11.0. The van der Waals surface area contributed by atoms with Crippen molar-refractivity contribution >= 4 is 17.7 Å². The fourth-order valence-electron chi connectivity index (χ4n) is 1.33. The Labute approximate surface area is 116 Å². The second-order valence-electron chi connectivity index (χ2n) is 5.07. The van der Waals surface area contributed by atoms with Crippen molar-refractivity contribution in [2.75, 3.05) is 6.54 Å². The van der Waals surface area contributed by atoms with Crippen molar-refractivity contribution in [3.63, 3.8) is 0 Å². The molecule has 0 radical (unpaired) electrons. The topological polar surface area (TPSA) is 58.6 Å². The molecule has 0 bridgehead atoms. The van der Waals surface area contributed by atoms with Crippen molar-refractivity contribution in [3.05, 3.63) is 34.6 Å². The van der Waals surface area contributed by atoms with E-state index in [4.69, 9.17) is 16.3 Å². The average Bonchev–Trinajstić information content (AvgIpc) is 2.27. The van der Waals surface area contributed by atoms with E-state index in [-0.39, 0.29) is 11.6 Å². The van der Waals surface area contributed by atoms with Crippen LogP contribution in [0, 0.1) is 5.82 Å². The molecule has 0 saturated heterocycles. The molecule has 0 unspecified atom stereocenters. The quantitative estimate of drug-likeness (QED) is 0.899. The molecule has 1 aromatic carbocycles. The minimum absolute atomic E-state index is 0.0175. The number of benzene rings is 1. The highest BCUT2D eigenvalue weighted by Gasteiger charge is 2.17. The summed E-state index contributed by atoms with van der Waals surface area (Å²) in [6, 6.07) is 3.97. The monoisotopic (exact) mass is 289 g/mol. The van der Waals surface area contributed by atoms with Crippen LogP contribution >= 0.6 is 11.6 Å². The summed E-state index contributed by atoms with van der Waals surface area (Å²) in [6.07, 6.45) is -1.67. The highest BCUT2D eigenvalue weighted by molar-refractivity contribution is 6.30. The van der Waals surface area contributed by atoms with Crippen LogP contribution in [0.3, 0.4) is 0 Å². The van der Waals surface area contributed by atoms with Gasteiger partial charge in [0.05, 0.1) is 17.7 Å². The molecule has 0 saturated carbocycles. The first-order valence-corrected chi connectivity index (χ1v) is 6.17. The molecular weight excluding hydrogens is 273 g/mol. The number of aliphatic hydroxyl groups is 1. The lowest BCUT2D eigenvalue weighted by molar-refractivity contribution is 0.0491. The molecule has 1 atom stereocenters. The number of ether oxygens (including phenoxy) is 1. The van der Waals surface area contributed by atoms with E-state index in [9.17, 15) is 14.3 Å². The predicted molar refractivity (Wildman–Crippen MR) is 70.6 cm³/mol. The van der Waals surface area contributed by atoms with Gasteiger partial charge in [-0.1, -0.05) is 17.7 Å². The van der Waals surface area contributed by atoms with Crippen LogP contribution in [0.4, 0.5) is 9.18 Å². The number of rotatable bonds is 3. The highest BCUT2D eigenvalue weighted by atomic mass is 35.5. The first-order valence-electron chi connectivity index (χ1n) is 5.79. The van der Waals surface area contributed by atoms with E-state index in [0.29, 0.717) is 5.56 Å². The largest absolute Gasteiger partial charge is 0.444 e. The van der Waals surface area contributed by atoms with Gasteiger partial charge in [0.15, 0.2) is 0 Å². The molecule has 4 nitrogen and oxygen atoms in total. The summed E-state index contributed by atoms with van der Waals surface area (Å²) in [6.45, 7) is 5.13. The van der Waals surface area contributed by atoms with Gasteiger partial charge in [-0.15, -0.1) is 0 Å². The summed E-state index contributed by atoms with van der Waals surface area (Å²) in [5.41, 5.74) is -0.278. The fraction of sp³-hybridized carbons (Fsp3) is 0.462. The summed E-state index contributed by atoms with van der Waals surface area (Å²) < 4.78 is 18.2. The van der Waals surface area contributed by atoms with Crippen LogP contribution in [0.5, 0.6) is 0 Å². The van der Waals surface area contributed by atoms with Crippen LogP contribution in [0.1, 0.15) is 32.4 Å². The molecular formula is C13H17ClFNO3. The first kappa shape index (κ1) is 15.7. The van der Waals surface area contributed by atoms with Gasteiger partial charge in [0.1, 0.15) is 11.4 Å². The van der Waals surface area contributed by atoms with E-state index in [1.54, 1.807) is 20.8 Å². The van der Waals surface area contributed by atoms with Crippen molar-refractivity contribution in [1.29, 1.82) is 0 Å². The number of aliphatic hydroxyl groups excluding tert-OH is 1. The van der Waals surface area contributed by atoms with Gasteiger partial charge < -0.3 is 15.2 Å². The van der Waals surface area contributed by atoms with Gasteiger partial charge in [-0.2, -0.15) is 0 Å². The minimum Gasteiger partial charge on any atom is -0.444 e. The van der Waals surface area contributed by atoms with Gasteiger partial charge in [-0.25, -0.2) is 9.18 Å². The SMILES string of the molecule is CC(C)(C)OC(=O)NC[C@H](O)c1ccc(Cl)c(F)c1. The van der Waals surface area contributed by atoms with Crippen LogP contribution in [0.2, 0.25) is 5.02 Å². The zero-order valence-corrected chi connectivity index (χ0v) is 11.8. The van der Waals surface area contributed by atoms with E-state index in [1.807, 2.05) is 0 Å². The fourth-order valence-corrected chi connectivity index (χ4v) is 1.45. The van der Waals surface area contributed by atoms with Gasteiger partial charge in [-0.3, -0.25) is 0 Å². The Morgan fingerprint density at radius 3 is 2.68 bits per heavy atom. The molecule has 0 aliphatic heterocycles. The molecule has 0 aromatic heterocycles. The Balaban J connectivity index is 2.53. The lowest BCUT2D eigenvalue weighted by Crippen LogP contribution is -2.34. The zero-order chi connectivity index (χ0) is 14.6. The predicted octanol–water partition coefficient (Wildman–Crippen LogP) is 3.04. The lowest BCUT2D eigenvalue weighted by Gasteiger charge is -2.20. The van der Waals surface area contributed by atoms with Crippen LogP contribution in [-0.4, -0.2) is 23.3 Å². The van der Waals surface area contributed by atoms with Crippen LogP contribution in [0.15, 0.2) is 18.2 Å². The molecule has 1 rings (SSSR count). The van der Waals surface area contributed by atoms with Crippen LogP contribution in [0.25, 0.3) is 0 Å². The third-order valence-electron chi connectivity index (χ3n) is 2.17. The smallest absolute Gasteiger partial charge is 0.407 e. The first-order chi connectivity index (χ1) is 8.69. The molecule has 0 aliphatic carbocycles. The Hall–Kier alpha value is -1.33. The van der Waals surface area contributed by atoms with E-state index in [0.717, 1.165) is 6.07 Å². The molecule has 6 heteroatoms. The molecule has 0 spiro atoms. The number of hydrogen-bond donors (Lipinski definition) is 2. The number of amides is 1. The number of hydrogen-bond acceptors (Lipinski definition) is 3. The molecule has 106 valence electrons. The lowest BCUT2D eigenvalue weighted by atomic mass is 10.1. The molecule has 0 fully saturated rings. The third-order valence-corrected chi connectivity index (χ3v) is 2.47. The molecule has 0 heterocycles. The second-order valence-corrected chi connectivity index (χ2v) is 5.48. The maximum Gasteiger partial charge on any atom is 0.407 e. The Morgan fingerprint density at radius 1 is 1.53 bits per heavy atom. The van der Waals surface area contributed by atoms with Gasteiger partial charge in [0, 0.05) is 0 Å².